The van der Waals surface area contributed by atoms with Gasteiger partial charge in [-0.15, -0.1) is 0 Å². The minimum Gasteiger partial charge on any atom is -0.350 e. The Bertz CT molecular complexity index is 1610. The van der Waals surface area contributed by atoms with Gasteiger partial charge in [0.05, 0.1) is 11.2 Å². The Balaban J connectivity index is 1.40. The fourth-order valence-electron chi connectivity index (χ4n) is 4.62. The van der Waals surface area contributed by atoms with E-state index < -0.39 is 27.8 Å². The molecule has 10 nitrogen and oxygen atoms in total. The van der Waals surface area contributed by atoms with Crippen LogP contribution >= 0.6 is 0 Å². The number of hydrogen-bond acceptors (Lipinski definition) is 8. The second kappa shape index (κ2) is 10.8. The van der Waals surface area contributed by atoms with E-state index in [-0.39, 0.29) is 17.8 Å². The van der Waals surface area contributed by atoms with E-state index in [9.17, 15) is 12.8 Å². The number of fused-ring (bicyclic) bond motifs is 1. The molecule has 39 heavy (non-hydrogen) atoms. The van der Waals surface area contributed by atoms with Gasteiger partial charge in [0.1, 0.15) is 11.9 Å². The van der Waals surface area contributed by atoms with Crippen LogP contribution in [0.4, 0.5) is 20.5 Å². The molecule has 4 aromatic rings. The van der Waals surface area contributed by atoms with E-state index in [1.165, 1.54) is 16.9 Å². The first-order chi connectivity index (χ1) is 18.6. The van der Waals surface area contributed by atoms with Crippen LogP contribution in [-0.2, 0) is 22.8 Å². The maximum Gasteiger partial charge on any atom is 0.239 e. The molecule has 2 atom stereocenters. The number of aryl methyl sites for hydroxylation is 1. The average Bonchev–Trinajstić information content (AvgIpc) is 3.28. The molecule has 0 radical (unpaired) electrons. The minimum absolute atomic E-state index is 0.0947. The highest BCUT2D eigenvalue weighted by atomic mass is 32.2. The molecule has 13 heteroatoms. The van der Waals surface area contributed by atoms with Crippen LogP contribution < -0.4 is 15.4 Å². The number of nitrogens with one attached hydrogen (secondary N) is 3. The summed E-state index contributed by atoms with van der Waals surface area (Å²) in [6.45, 7) is 5.05. The lowest BCUT2D eigenvalue weighted by atomic mass is 9.95. The first-order valence-electron chi connectivity index (χ1n) is 12.6. The summed E-state index contributed by atoms with van der Waals surface area (Å²) in [7, 11) is -2.23. The van der Waals surface area contributed by atoms with Crippen LogP contribution in [0.2, 0.25) is 0 Å². The molecule has 0 spiro atoms. The van der Waals surface area contributed by atoms with Crippen LogP contribution in [0.3, 0.4) is 0 Å². The van der Waals surface area contributed by atoms with E-state index in [0.717, 1.165) is 16.5 Å². The van der Waals surface area contributed by atoms with Crippen molar-refractivity contribution >= 4 is 32.7 Å². The van der Waals surface area contributed by atoms with Crippen LogP contribution in [0.15, 0.2) is 42.9 Å². The number of pyridine rings is 1. The quantitative estimate of drug-likeness (QED) is 0.300. The van der Waals surface area contributed by atoms with Gasteiger partial charge in [-0.05, 0) is 41.3 Å². The number of anilines is 2. The summed E-state index contributed by atoms with van der Waals surface area (Å²) in [5.41, 5.74) is 3.19. The third kappa shape index (κ3) is 6.31. The van der Waals surface area contributed by atoms with Crippen LogP contribution in [0.1, 0.15) is 37.4 Å². The number of benzene rings is 1. The molecule has 1 saturated heterocycles. The summed E-state index contributed by atoms with van der Waals surface area (Å²) in [6.07, 6.45) is 4.21. The predicted octanol–water partition coefficient (Wildman–Crippen LogP) is 3.74. The fraction of sp³-hybridized carbons (Fsp3) is 0.385. The molecule has 1 fully saturated rings. The zero-order valence-corrected chi connectivity index (χ0v) is 22.6. The molecule has 0 aliphatic carbocycles. The van der Waals surface area contributed by atoms with Crippen LogP contribution in [-0.4, -0.2) is 58.5 Å². The predicted molar refractivity (Wildman–Crippen MR) is 146 cm³/mol. The van der Waals surface area contributed by atoms with Gasteiger partial charge in [0.15, 0.2) is 11.6 Å². The van der Waals surface area contributed by atoms with E-state index in [1.54, 1.807) is 25.5 Å². The molecule has 206 valence electrons. The smallest absolute Gasteiger partial charge is 0.239 e. The van der Waals surface area contributed by atoms with Crippen molar-refractivity contribution in [1.29, 1.82) is 0 Å². The van der Waals surface area contributed by atoms with Crippen molar-refractivity contribution < 1.29 is 17.2 Å². The number of aromatic nitrogens is 5. The molecular weight excluding hydrogens is 526 g/mol. The van der Waals surface area contributed by atoms with Crippen molar-refractivity contribution in [2.75, 3.05) is 23.1 Å². The summed E-state index contributed by atoms with van der Waals surface area (Å²) in [5.74, 6) is -1.07. The molecular formula is C26H30F2N8O2S. The number of alkyl halides is 1. The van der Waals surface area contributed by atoms with Gasteiger partial charge in [-0.1, -0.05) is 13.8 Å². The molecule has 0 amide bonds. The number of piperidine rings is 1. The minimum atomic E-state index is -3.91. The van der Waals surface area contributed by atoms with Gasteiger partial charge >= 0.3 is 0 Å². The first kappa shape index (κ1) is 26.9. The highest BCUT2D eigenvalue weighted by Gasteiger charge is 2.22. The Kier molecular flexibility index (Phi) is 7.45. The van der Waals surface area contributed by atoms with Gasteiger partial charge in [-0.3, -0.25) is 9.40 Å². The second-order valence-corrected chi connectivity index (χ2v) is 11.8. The Hall–Kier alpha value is -3.71. The van der Waals surface area contributed by atoms with Gasteiger partial charge in [-0.25, -0.2) is 32.2 Å². The van der Waals surface area contributed by atoms with Gasteiger partial charge in [0.2, 0.25) is 16.0 Å². The molecule has 1 aliphatic rings. The van der Waals surface area contributed by atoms with Gasteiger partial charge < -0.3 is 10.6 Å². The standard InChI is InChI=1S/C26H30F2N8O2S/c1-15(2)22-7-16(6-18-11-31-26(33-24(18)22)32-21-9-19(27)12-29-13-21)17-8-23(28)25(30-10-17)35-39(37,38)14-20-4-5-36(3)34-20/h4-8,10-11,15,19,21,29H,9,12-14H2,1-3H3,(H,30,35)(H,31,32,33)/t19-,21-/m0/s1. The van der Waals surface area contributed by atoms with Gasteiger partial charge in [-0.2, -0.15) is 5.10 Å². The van der Waals surface area contributed by atoms with Crippen LogP contribution in [0.5, 0.6) is 0 Å². The lowest BCUT2D eigenvalue weighted by Gasteiger charge is -2.26. The highest BCUT2D eigenvalue weighted by molar-refractivity contribution is 7.91. The first-order valence-corrected chi connectivity index (χ1v) is 14.3. The topological polar surface area (TPSA) is 127 Å². The van der Waals surface area contributed by atoms with Crippen molar-refractivity contribution in [1.82, 2.24) is 30.0 Å². The van der Waals surface area contributed by atoms with Gasteiger partial charge in [0, 0.05) is 62.1 Å². The Morgan fingerprint density at radius 3 is 2.67 bits per heavy atom. The molecule has 1 aromatic carbocycles. The zero-order valence-electron chi connectivity index (χ0n) is 21.8. The number of nitrogens with zero attached hydrogens (tertiary/aromatic N) is 5. The summed E-state index contributed by atoms with van der Waals surface area (Å²) < 4.78 is 57.5. The zero-order chi connectivity index (χ0) is 27.7. The molecule has 3 N–H and O–H groups in total. The van der Waals surface area contributed by atoms with E-state index in [0.29, 0.717) is 42.3 Å². The Labute approximate surface area is 225 Å². The maximum absolute atomic E-state index is 15.0. The second-order valence-electron chi connectivity index (χ2n) is 10.1. The van der Waals surface area contributed by atoms with Crippen molar-refractivity contribution in [3.63, 3.8) is 0 Å². The van der Waals surface area contributed by atoms with E-state index in [4.69, 9.17) is 4.98 Å². The van der Waals surface area contributed by atoms with Crippen molar-refractivity contribution in [3.05, 3.63) is 59.9 Å². The fourth-order valence-corrected chi connectivity index (χ4v) is 5.68. The number of halogens is 2. The monoisotopic (exact) mass is 556 g/mol. The molecule has 4 heterocycles. The van der Waals surface area contributed by atoms with Crippen molar-refractivity contribution in [2.45, 2.75) is 44.2 Å². The molecule has 5 rings (SSSR count). The maximum atomic E-state index is 15.0. The summed E-state index contributed by atoms with van der Waals surface area (Å²) in [6, 6.07) is 6.48. The van der Waals surface area contributed by atoms with Crippen molar-refractivity contribution in [2.24, 2.45) is 7.05 Å². The van der Waals surface area contributed by atoms with E-state index in [2.05, 4.69) is 30.4 Å². The van der Waals surface area contributed by atoms with Crippen LogP contribution in [0.25, 0.3) is 22.0 Å². The number of hydrogen-bond donors (Lipinski definition) is 3. The Morgan fingerprint density at radius 1 is 1.15 bits per heavy atom. The molecule has 0 bridgehead atoms. The lowest BCUT2D eigenvalue weighted by molar-refractivity contribution is 0.254. The SMILES string of the molecule is CC(C)c1cc(-c2cnc(NS(=O)(=O)Cc3ccn(C)n3)c(F)c2)cc2cnc(N[C@@H]3CNC[C@@H](F)C3)nc12. The molecule has 1 aliphatic heterocycles. The molecule has 0 unspecified atom stereocenters. The van der Waals surface area contributed by atoms with E-state index in [1.807, 2.05) is 26.0 Å². The molecule has 0 saturated carbocycles. The lowest BCUT2D eigenvalue weighted by Crippen LogP contribution is -2.44. The molecule has 3 aromatic heterocycles. The number of sulfonamides is 1. The summed E-state index contributed by atoms with van der Waals surface area (Å²) in [4.78, 5) is 13.2. The third-order valence-electron chi connectivity index (χ3n) is 6.50. The summed E-state index contributed by atoms with van der Waals surface area (Å²) >= 11 is 0. The Morgan fingerprint density at radius 2 is 1.97 bits per heavy atom. The van der Waals surface area contributed by atoms with Gasteiger partial charge in [0.25, 0.3) is 0 Å². The van der Waals surface area contributed by atoms with E-state index >= 15 is 4.39 Å². The number of rotatable bonds is 8. The largest absolute Gasteiger partial charge is 0.350 e. The van der Waals surface area contributed by atoms with Crippen LogP contribution in [0, 0.1) is 5.82 Å². The third-order valence-corrected chi connectivity index (χ3v) is 7.68. The average molecular weight is 557 g/mol. The normalized spacial score (nSPS) is 18.0. The van der Waals surface area contributed by atoms with Crippen molar-refractivity contribution in [3.8, 4) is 11.1 Å². The highest BCUT2D eigenvalue weighted by Crippen LogP contribution is 2.32. The summed E-state index contributed by atoms with van der Waals surface area (Å²) in [5, 5.41) is 11.1.